The van der Waals surface area contributed by atoms with Crippen LogP contribution in [0.2, 0.25) is 0 Å². The Morgan fingerprint density at radius 2 is 1.89 bits per heavy atom. The van der Waals surface area contributed by atoms with E-state index in [0.717, 1.165) is 11.1 Å². The summed E-state index contributed by atoms with van der Waals surface area (Å²) in [6.07, 6.45) is 0.312. The summed E-state index contributed by atoms with van der Waals surface area (Å²) in [5.41, 5.74) is 2.48. The van der Waals surface area contributed by atoms with Gasteiger partial charge in [0, 0.05) is 6.42 Å². The monoisotopic (exact) mass is 253 g/mol. The third kappa shape index (κ3) is 3.29. The van der Waals surface area contributed by atoms with Crippen LogP contribution in [0.1, 0.15) is 16.7 Å². The number of benzene rings is 1. The zero-order chi connectivity index (χ0) is 13.9. The second kappa shape index (κ2) is 5.96. The zero-order valence-corrected chi connectivity index (χ0v) is 11.6. The lowest BCUT2D eigenvalue weighted by Gasteiger charge is -2.22. The number of esters is 1. The number of ether oxygens (including phenoxy) is 1. The van der Waals surface area contributed by atoms with Crippen molar-refractivity contribution >= 4 is 5.97 Å². The summed E-state index contributed by atoms with van der Waals surface area (Å²) in [5.74, 6) is -0.619. The van der Waals surface area contributed by atoms with Crippen LogP contribution in [0.15, 0.2) is 12.1 Å². The molecule has 100 valence electrons. The average Bonchev–Trinajstić information content (AvgIpc) is 2.30. The fourth-order valence-electron chi connectivity index (χ4n) is 1.82. The molecule has 0 radical (unpaired) electrons. The molecule has 0 saturated heterocycles. The van der Waals surface area contributed by atoms with E-state index in [1.165, 1.54) is 13.2 Å². The first kappa shape index (κ1) is 14.6. The quantitative estimate of drug-likeness (QED) is 0.769. The largest absolute Gasteiger partial charge is 0.468 e. The van der Waals surface area contributed by atoms with Gasteiger partial charge in [-0.05, 0) is 50.7 Å². The summed E-state index contributed by atoms with van der Waals surface area (Å²) in [6, 6.07) is 2.84. The third-order valence-corrected chi connectivity index (χ3v) is 3.17. The van der Waals surface area contributed by atoms with E-state index in [1.807, 2.05) is 13.8 Å². The summed E-state index contributed by atoms with van der Waals surface area (Å²) in [6.45, 7) is 3.80. The van der Waals surface area contributed by atoms with Crippen molar-refractivity contribution < 1.29 is 13.9 Å². The Bertz CT molecular complexity index is 444. The van der Waals surface area contributed by atoms with E-state index in [-0.39, 0.29) is 11.8 Å². The van der Waals surface area contributed by atoms with Gasteiger partial charge in [-0.1, -0.05) is 6.07 Å². The molecule has 1 aromatic rings. The lowest BCUT2D eigenvalue weighted by atomic mass is 9.99. The predicted molar refractivity (Wildman–Crippen MR) is 69.1 cm³/mol. The fraction of sp³-hybridized carbons (Fsp3) is 0.500. The van der Waals surface area contributed by atoms with E-state index in [4.69, 9.17) is 4.74 Å². The maximum atomic E-state index is 13.9. The molecule has 0 N–H and O–H groups in total. The van der Waals surface area contributed by atoms with Gasteiger partial charge in [0.05, 0.1) is 7.11 Å². The fourth-order valence-corrected chi connectivity index (χ4v) is 1.82. The Morgan fingerprint density at radius 1 is 1.33 bits per heavy atom. The van der Waals surface area contributed by atoms with E-state index in [1.54, 1.807) is 25.1 Å². The molecule has 1 atom stereocenters. The molecule has 0 heterocycles. The van der Waals surface area contributed by atoms with E-state index >= 15 is 0 Å². The van der Waals surface area contributed by atoms with Crippen molar-refractivity contribution in [1.29, 1.82) is 0 Å². The lowest BCUT2D eigenvalue weighted by Crippen LogP contribution is -2.38. The Morgan fingerprint density at radius 3 is 2.39 bits per heavy atom. The number of methoxy groups -OCH3 is 1. The number of nitrogens with zero attached hydrogens (tertiary/aromatic N) is 1. The zero-order valence-electron chi connectivity index (χ0n) is 11.6. The first-order valence-corrected chi connectivity index (χ1v) is 5.86. The lowest BCUT2D eigenvalue weighted by molar-refractivity contribution is -0.145. The van der Waals surface area contributed by atoms with Crippen LogP contribution in [0.3, 0.4) is 0 Å². The number of carbonyl (C=O) groups excluding carboxylic acids is 1. The SMILES string of the molecule is COC(=O)C(Cc1cc(C)c(C)cc1F)N(C)C. The predicted octanol–water partition coefficient (Wildman–Crippen LogP) is 2.09. The van der Waals surface area contributed by atoms with Crippen LogP contribution < -0.4 is 0 Å². The van der Waals surface area contributed by atoms with E-state index in [0.29, 0.717) is 12.0 Å². The van der Waals surface area contributed by atoms with Crippen molar-refractivity contribution in [3.8, 4) is 0 Å². The maximum absolute atomic E-state index is 13.9. The van der Waals surface area contributed by atoms with Crippen molar-refractivity contribution in [2.45, 2.75) is 26.3 Å². The Balaban J connectivity index is 3.01. The first-order chi connectivity index (χ1) is 8.36. The number of rotatable bonds is 4. The van der Waals surface area contributed by atoms with Gasteiger partial charge in [-0.15, -0.1) is 0 Å². The van der Waals surface area contributed by atoms with Gasteiger partial charge in [0.25, 0.3) is 0 Å². The van der Waals surface area contributed by atoms with Crippen LogP contribution in [0.4, 0.5) is 4.39 Å². The van der Waals surface area contributed by atoms with Crippen LogP contribution in [0, 0.1) is 19.7 Å². The molecule has 1 aromatic carbocycles. The van der Waals surface area contributed by atoms with Gasteiger partial charge in [-0.3, -0.25) is 9.69 Å². The highest BCUT2D eigenvalue weighted by Crippen LogP contribution is 2.17. The molecule has 4 heteroatoms. The van der Waals surface area contributed by atoms with Gasteiger partial charge >= 0.3 is 5.97 Å². The molecule has 0 bridgehead atoms. The first-order valence-electron chi connectivity index (χ1n) is 5.86. The molecule has 18 heavy (non-hydrogen) atoms. The van der Waals surface area contributed by atoms with Crippen LogP contribution in [0.5, 0.6) is 0 Å². The number of hydrogen-bond donors (Lipinski definition) is 0. The van der Waals surface area contributed by atoms with Crippen molar-refractivity contribution in [3.05, 3.63) is 34.6 Å². The summed E-state index contributed by atoms with van der Waals surface area (Å²) < 4.78 is 18.6. The van der Waals surface area contributed by atoms with Crippen LogP contribution in [-0.2, 0) is 16.0 Å². The van der Waals surface area contributed by atoms with Gasteiger partial charge in [-0.2, -0.15) is 0 Å². The molecule has 0 aliphatic carbocycles. The van der Waals surface area contributed by atoms with E-state index in [2.05, 4.69) is 0 Å². The number of halogens is 1. The molecule has 1 unspecified atom stereocenters. The van der Waals surface area contributed by atoms with Crippen LogP contribution >= 0.6 is 0 Å². The van der Waals surface area contributed by atoms with Crippen LogP contribution in [0.25, 0.3) is 0 Å². The highest BCUT2D eigenvalue weighted by atomic mass is 19.1. The van der Waals surface area contributed by atoms with Gasteiger partial charge < -0.3 is 4.74 Å². The van der Waals surface area contributed by atoms with Gasteiger partial charge in [0.15, 0.2) is 0 Å². The Labute approximate surface area is 108 Å². The molecular formula is C14H20FNO2. The van der Waals surface area contributed by atoms with Crippen molar-refractivity contribution in [2.24, 2.45) is 0 Å². The molecule has 0 aliphatic rings. The minimum Gasteiger partial charge on any atom is -0.468 e. The maximum Gasteiger partial charge on any atom is 0.323 e. The second-order valence-corrected chi connectivity index (χ2v) is 4.73. The number of aryl methyl sites for hydroxylation is 2. The van der Waals surface area contributed by atoms with Crippen molar-refractivity contribution in [3.63, 3.8) is 0 Å². The molecule has 0 aromatic heterocycles. The second-order valence-electron chi connectivity index (χ2n) is 4.73. The molecular weight excluding hydrogens is 233 g/mol. The number of hydrogen-bond acceptors (Lipinski definition) is 3. The average molecular weight is 253 g/mol. The molecule has 0 spiro atoms. The summed E-state index contributed by atoms with van der Waals surface area (Å²) >= 11 is 0. The highest BCUT2D eigenvalue weighted by Gasteiger charge is 2.23. The molecule has 0 fully saturated rings. The number of likely N-dealkylation sites (N-methyl/N-ethyl adjacent to an activating group) is 1. The summed E-state index contributed by atoms with van der Waals surface area (Å²) in [4.78, 5) is 13.4. The molecule has 3 nitrogen and oxygen atoms in total. The topological polar surface area (TPSA) is 29.5 Å². The van der Waals surface area contributed by atoms with Gasteiger partial charge in [0.1, 0.15) is 11.9 Å². The molecule has 0 saturated carbocycles. The van der Waals surface area contributed by atoms with Crippen molar-refractivity contribution in [2.75, 3.05) is 21.2 Å². The van der Waals surface area contributed by atoms with Gasteiger partial charge in [-0.25, -0.2) is 4.39 Å². The third-order valence-electron chi connectivity index (χ3n) is 3.17. The molecule has 1 rings (SSSR count). The Kier molecular flexibility index (Phi) is 4.84. The van der Waals surface area contributed by atoms with Crippen molar-refractivity contribution in [1.82, 2.24) is 4.90 Å². The standard InChI is InChI=1S/C14H20FNO2/c1-9-6-11(12(15)7-10(9)2)8-13(16(3)4)14(17)18-5/h6-7,13H,8H2,1-5H3. The minimum absolute atomic E-state index is 0.270. The molecule has 0 amide bonds. The normalized spacial score (nSPS) is 12.6. The highest BCUT2D eigenvalue weighted by molar-refractivity contribution is 5.76. The molecule has 0 aliphatic heterocycles. The summed E-state index contributed by atoms with van der Waals surface area (Å²) in [5, 5.41) is 0. The summed E-state index contributed by atoms with van der Waals surface area (Å²) in [7, 11) is 4.90. The van der Waals surface area contributed by atoms with E-state index in [9.17, 15) is 9.18 Å². The van der Waals surface area contributed by atoms with Gasteiger partial charge in [0.2, 0.25) is 0 Å². The Hall–Kier alpha value is -1.42. The van der Waals surface area contributed by atoms with Crippen LogP contribution in [-0.4, -0.2) is 38.1 Å². The number of carbonyl (C=O) groups is 1. The van der Waals surface area contributed by atoms with E-state index < -0.39 is 6.04 Å². The smallest absolute Gasteiger partial charge is 0.323 e. The minimum atomic E-state index is -0.466.